The Bertz CT molecular complexity index is 581. The minimum atomic E-state index is -4.56. The minimum Gasteiger partial charge on any atom is -0.330 e. The van der Waals surface area contributed by atoms with E-state index in [-0.39, 0.29) is 5.56 Å². The summed E-state index contributed by atoms with van der Waals surface area (Å²) in [5.41, 5.74) is 0.0240. The van der Waals surface area contributed by atoms with Crippen LogP contribution in [0.15, 0.2) is 28.7 Å². The highest BCUT2D eigenvalue weighted by Crippen LogP contribution is 2.38. The van der Waals surface area contributed by atoms with Gasteiger partial charge in [-0.15, -0.1) is 0 Å². The number of benzene rings is 1. The molecule has 1 aliphatic heterocycles. The van der Waals surface area contributed by atoms with Crippen LogP contribution in [0.1, 0.15) is 24.4 Å². The summed E-state index contributed by atoms with van der Waals surface area (Å²) in [7, 11) is 0.233. The first-order valence-corrected chi connectivity index (χ1v) is 9.42. The molecule has 0 N–H and O–H groups in total. The van der Waals surface area contributed by atoms with E-state index in [0.29, 0.717) is 28.8 Å². The molecule has 2 rings (SSSR count). The molecular formula is C15H17BrF3NO2S. The van der Waals surface area contributed by atoms with Gasteiger partial charge in [0.1, 0.15) is 0 Å². The summed E-state index contributed by atoms with van der Waals surface area (Å²) in [6.07, 6.45) is -3.81. The number of halogens is 4. The number of rotatable bonds is 3. The van der Waals surface area contributed by atoms with Gasteiger partial charge in [-0.1, -0.05) is 28.1 Å². The third-order valence-corrected chi connectivity index (χ3v) is 5.88. The number of nitrogens with zero attached hydrogens (tertiary/aromatic N) is 1. The van der Waals surface area contributed by atoms with Crippen LogP contribution in [0, 0.1) is 5.92 Å². The zero-order valence-electron chi connectivity index (χ0n) is 12.5. The Labute approximate surface area is 143 Å². The van der Waals surface area contributed by atoms with E-state index in [0.717, 1.165) is 4.90 Å². The van der Waals surface area contributed by atoms with Crippen molar-refractivity contribution in [3.63, 3.8) is 0 Å². The third-order valence-electron chi connectivity index (χ3n) is 3.97. The van der Waals surface area contributed by atoms with Gasteiger partial charge in [0.2, 0.25) is 5.91 Å². The van der Waals surface area contributed by atoms with E-state index in [1.807, 2.05) is 0 Å². The zero-order valence-corrected chi connectivity index (χ0v) is 14.9. The van der Waals surface area contributed by atoms with E-state index in [1.54, 1.807) is 0 Å². The Kier molecular flexibility index (Phi) is 5.89. The van der Waals surface area contributed by atoms with Crippen molar-refractivity contribution in [2.24, 2.45) is 5.92 Å². The molecule has 23 heavy (non-hydrogen) atoms. The lowest BCUT2D eigenvalue weighted by atomic mass is 9.98. The van der Waals surface area contributed by atoms with Crippen LogP contribution in [-0.2, 0) is 15.6 Å². The number of hydrogen-bond donors (Lipinski definition) is 0. The van der Waals surface area contributed by atoms with Gasteiger partial charge in [-0.25, -0.2) is 0 Å². The van der Waals surface area contributed by atoms with Crippen molar-refractivity contribution in [1.29, 1.82) is 0 Å². The Morgan fingerprint density at radius 2 is 1.78 bits per heavy atom. The van der Waals surface area contributed by atoms with E-state index < -0.39 is 34.8 Å². The van der Waals surface area contributed by atoms with E-state index in [4.69, 9.17) is 0 Å². The van der Waals surface area contributed by atoms with Crippen LogP contribution in [0.4, 0.5) is 13.2 Å². The predicted molar refractivity (Wildman–Crippen MR) is 86.3 cm³/mol. The van der Waals surface area contributed by atoms with E-state index >= 15 is 0 Å². The standard InChI is InChI=1S/C15H17BrF3NO2S/c1-20(14(21)11-6-8-23(22)9-7-11)13(15(17,18)19)10-2-4-12(16)5-3-10/h2-5,11,13H,6-9H2,1H3/t11?,13-,23?/m0/s1. The van der Waals surface area contributed by atoms with Gasteiger partial charge in [0.25, 0.3) is 0 Å². The molecule has 128 valence electrons. The summed E-state index contributed by atoms with van der Waals surface area (Å²) in [6, 6.07) is 3.80. The second kappa shape index (κ2) is 7.34. The van der Waals surface area contributed by atoms with Gasteiger partial charge in [0.05, 0.1) is 0 Å². The Morgan fingerprint density at radius 3 is 2.26 bits per heavy atom. The van der Waals surface area contributed by atoms with Crippen LogP contribution in [0.2, 0.25) is 0 Å². The summed E-state index contributed by atoms with van der Waals surface area (Å²) in [5.74, 6) is -0.275. The highest BCUT2D eigenvalue weighted by Gasteiger charge is 2.46. The second-order valence-corrected chi connectivity index (χ2v) is 8.18. The largest absolute Gasteiger partial charge is 0.413 e. The van der Waals surface area contributed by atoms with Crippen molar-refractivity contribution in [2.75, 3.05) is 18.6 Å². The van der Waals surface area contributed by atoms with Gasteiger partial charge in [0.15, 0.2) is 6.04 Å². The fourth-order valence-corrected chi connectivity index (χ4v) is 4.30. The molecule has 0 aliphatic carbocycles. The first-order chi connectivity index (χ1) is 10.7. The van der Waals surface area contributed by atoms with Crippen molar-refractivity contribution < 1.29 is 22.2 Å². The molecule has 1 amide bonds. The molecule has 1 aromatic rings. The maximum Gasteiger partial charge on any atom is 0.413 e. The quantitative estimate of drug-likeness (QED) is 0.760. The topological polar surface area (TPSA) is 37.4 Å². The summed E-state index contributed by atoms with van der Waals surface area (Å²) >= 11 is 3.19. The molecule has 3 nitrogen and oxygen atoms in total. The first kappa shape index (κ1) is 18.4. The second-order valence-electron chi connectivity index (χ2n) is 5.57. The lowest BCUT2D eigenvalue weighted by Gasteiger charge is -2.34. The van der Waals surface area contributed by atoms with Crippen LogP contribution >= 0.6 is 15.9 Å². The van der Waals surface area contributed by atoms with Gasteiger partial charge < -0.3 is 4.90 Å². The van der Waals surface area contributed by atoms with Crippen molar-refractivity contribution in [1.82, 2.24) is 4.90 Å². The molecule has 0 aromatic heterocycles. The van der Waals surface area contributed by atoms with Gasteiger partial charge in [0, 0.05) is 39.7 Å². The molecule has 0 radical (unpaired) electrons. The smallest absolute Gasteiger partial charge is 0.330 e. The Balaban J connectivity index is 2.23. The Morgan fingerprint density at radius 1 is 1.26 bits per heavy atom. The average Bonchev–Trinajstić information content (AvgIpc) is 2.48. The zero-order chi connectivity index (χ0) is 17.2. The lowest BCUT2D eigenvalue weighted by molar-refractivity contribution is -0.190. The number of alkyl halides is 3. The van der Waals surface area contributed by atoms with Crippen LogP contribution in [0.3, 0.4) is 0 Å². The maximum atomic E-state index is 13.5. The molecule has 1 fully saturated rings. The molecule has 1 aliphatic rings. The minimum absolute atomic E-state index is 0.0240. The van der Waals surface area contributed by atoms with Crippen LogP contribution < -0.4 is 0 Å². The molecule has 1 atom stereocenters. The number of carbonyl (C=O) groups is 1. The van der Waals surface area contributed by atoms with Gasteiger partial charge in [-0.2, -0.15) is 13.2 Å². The summed E-state index contributed by atoms with van der Waals surface area (Å²) in [6.45, 7) is 0. The van der Waals surface area contributed by atoms with Gasteiger partial charge in [-0.05, 0) is 30.5 Å². The predicted octanol–water partition coefficient (Wildman–Crippen LogP) is 3.67. The van der Waals surface area contributed by atoms with Crippen LogP contribution in [0.5, 0.6) is 0 Å². The molecule has 8 heteroatoms. The maximum absolute atomic E-state index is 13.5. The number of carbonyl (C=O) groups excluding carboxylic acids is 1. The molecule has 1 aromatic carbocycles. The van der Waals surface area contributed by atoms with Gasteiger partial charge in [-0.3, -0.25) is 9.00 Å². The highest BCUT2D eigenvalue weighted by molar-refractivity contribution is 9.10. The van der Waals surface area contributed by atoms with Crippen molar-refractivity contribution in [3.05, 3.63) is 34.3 Å². The molecule has 1 saturated heterocycles. The van der Waals surface area contributed by atoms with E-state index in [2.05, 4.69) is 15.9 Å². The Hall–Kier alpha value is -0.890. The fraction of sp³-hybridized carbons (Fsp3) is 0.533. The third kappa shape index (κ3) is 4.56. The summed E-state index contributed by atoms with van der Waals surface area (Å²) < 4.78 is 52.5. The molecule has 0 saturated carbocycles. The molecular weight excluding hydrogens is 395 g/mol. The SMILES string of the molecule is CN(C(=O)C1CCS(=O)CC1)[C@@H](c1ccc(Br)cc1)C(F)(F)F. The fourth-order valence-electron chi connectivity index (χ4n) is 2.73. The lowest BCUT2D eigenvalue weighted by Crippen LogP contribution is -2.43. The van der Waals surface area contributed by atoms with Gasteiger partial charge >= 0.3 is 6.18 Å². The number of hydrogen-bond acceptors (Lipinski definition) is 2. The van der Waals surface area contributed by atoms with Crippen molar-refractivity contribution in [2.45, 2.75) is 25.1 Å². The monoisotopic (exact) mass is 411 g/mol. The normalized spacial score (nSPS) is 23.3. The average molecular weight is 412 g/mol. The van der Waals surface area contributed by atoms with E-state index in [9.17, 15) is 22.2 Å². The van der Waals surface area contributed by atoms with E-state index in [1.165, 1.54) is 31.3 Å². The highest BCUT2D eigenvalue weighted by atomic mass is 79.9. The molecule has 1 heterocycles. The van der Waals surface area contributed by atoms with Crippen LogP contribution in [-0.4, -0.2) is 39.7 Å². The molecule has 0 unspecified atom stereocenters. The summed E-state index contributed by atoms with van der Waals surface area (Å²) in [4.78, 5) is 13.2. The van der Waals surface area contributed by atoms with Crippen LogP contribution in [0.25, 0.3) is 0 Å². The van der Waals surface area contributed by atoms with Crippen molar-refractivity contribution in [3.8, 4) is 0 Å². The molecule has 0 bridgehead atoms. The number of amides is 1. The summed E-state index contributed by atoms with van der Waals surface area (Å²) in [5, 5.41) is 0. The first-order valence-electron chi connectivity index (χ1n) is 7.14. The van der Waals surface area contributed by atoms with Crippen molar-refractivity contribution >= 4 is 32.6 Å². The molecule has 0 spiro atoms.